The number of hydrogen-bond acceptors (Lipinski definition) is 4. The van der Waals surface area contributed by atoms with E-state index in [0.29, 0.717) is 25.3 Å². The van der Waals surface area contributed by atoms with Crippen molar-refractivity contribution in [2.75, 3.05) is 6.54 Å². The highest BCUT2D eigenvalue weighted by Crippen LogP contribution is 2.28. The lowest BCUT2D eigenvalue weighted by Gasteiger charge is -2.27. The molecular weight excluding hydrogens is 346 g/mol. The number of carbonyl (C=O) groups excluding carboxylic acids is 2. The Morgan fingerprint density at radius 3 is 2.70 bits per heavy atom. The second kappa shape index (κ2) is 7.02. The molecule has 2 aromatic rings. The lowest BCUT2D eigenvalue weighted by atomic mass is 10.1. The van der Waals surface area contributed by atoms with Crippen molar-refractivity contribution in [2.45, 2.75) is 51.4 Å². The predicted octanol–water partition coefficient (Wildman–Crippen LogP) is 0.281. The van der Waals surface area contributed by atoms with E-state index >= 15 is 0 Å². The highest BCUT2D eigenvalue weighted by atomic mass is 16.2. The quantitative estimate of drug-likeness (QED) is 0.838. The summed E-state index contributed by atoms with van der Waals surface area (Å²) < 4.78 is 2.81. The first-order chi connectivity index (χ1) is 13.0. The summed E-state index contributed by atoms with van der Waals surface area (Å²) in [6, 6.07) is 9.62. The van der Waals surface area contributed by atoms with Crippen LogP contribution in [0.25, 0.3) is 0 Å². The summed E-state index contributed by atoms with van der Waals surface area (Å²) in [4.78, 5) is 39.2. The van der Waals surface area contributed by atoms with Crippen molar-refractivity contribution >= 4 is 11.8 Å². The normalized spacial score (nSPS) is 21.8. The molecule has 2 atom stereocenters. The van der Waals surface area contributed by atoms with E-state index in [1.807, 2.05) is 30.3 Å². The molecule has 0 radical (unpaired) electrons. The van der Waals surface area contributed by atoms with Gasteiger partial charge in [0.15, 0.2) is 0 Å². The standard InChI is InChI=1S/C19H23N5O3/c1-13-21-23(19(27)22(13)11-14-5-3-2-4-6-14)12-18(26)24-15-7-8-16(24)10-20-17(25)9-15/h2-6,15-16H,7-12H2,1H3,(H,20,25)/t15-,16+/m0/s1. The van der Waals surface area contributed by atoms with Crippen LogP contribution in [0.2, 0.25) is 0 Å². The number of carbonyl (C=O) groups is 2. The van der Waals surface area contributed by atoms with Crippen LogP contribution >= 0.6 is 0 Å². The number of aromatic nitrogens is 3. The van der Waals surface area contributed by atoms with Gasteiger partial charge in [0.25, 0.3) is 0 Å². The van der Waals surface area contributed by atoms with Crippen molar-refractivity contribution in [1.82, 2.24) is 24.6 Å². The fraction of sp³-hybridized carbons (Fsp3) is 0.474. The van der Waals surface area contributed by atoms with Crippen molar-refractivity contribution in [1.29, 1.82) is 0 Å². The van der Waals surface area contributed by atoms with Crippen molar-refractivity contribution < 1.29 is 9.59 Å². The number of fused-ring (bicyclic) bond motifs is 2. The van der Waals surface area contributed by atoms with E-state index in [4.69, 9.17) is 0 Å². The molecule has 1 aromatic carbocycles. The Labute approximate surface area is 156 Å². The topological polar surface area (TPSA) is 89.2 Å². The van der Waals surface area contributed by atoms with Gasteiger partial charge in [0.1, 0.15) is 12.4 Å². The summed E-state index contributed by atoms with van der Waals surface area (Å²) in [6.07, 6.45) is 2.05. The summed E-state index contributed by atoms with van der Waals surface area (Å²) in [5.74, 6) is 0.415. The number of nitrogens with zero attached hydrogens (tertiary/aromatic N) is 4. The van der Waals surface area contributed by atoms with Crippen LogP contribution in [-0.4, -0.2) is 49.7 Å². The molecule has 142 valence electrons. The Bertz CT molecular complexity index is 917. The smallest absolute Gasteiger partial charge is 0.346 e. The Hall–Kier alpha value is -2.90. The monoisotopic (exact) mass is 369 g/mol. The number of hydrogen-bond donors (Lipinski definition) is 1. The molecule has 3 heterocycles. The highest BCUT2D eigenvalue weighted by Gasteiger charge is 2.40. The van der Waals surface area contributed by atoms with E-state index in [2.05, 4.69) is 10.4 Å². The summed E-state index contributed by atoms with van der Waals surface area (Å²) in [5, 5.41) is 7.14. The molecule has 2 saturated heterocycles. The largest absolute Gasteiger partial charge is 0.354 e. The van der Waals surface area contributed by atoms with Gasteiger partial charge in [-0.3, -0.25) is 14.2 Å². The Morgan fingerprint density at radius 2 is 1.93 bits per heavy atom. The third-order valence-corrected chi connectivity index (χ3v) is 5.44. The third kappa shape index (κ3) is 3.39. The number of rotatable bonds is 4. The molecule has 1 N–H and O–H groups in total. The van der Waals surface area contributed by atoms with E-state index in [1.54, 1.807) is 16.4 Å². The van der Waals surface area contributed by atoms with Crippen LogP contribution < -0.4 is 11.0 Å². The molecule has 0 spiro atoms. The van der Waals surface area contributed by atoms with Gasteiger partial charge in [-0.1, -0.05) is 30.3 Å². The lowest BCUT2D eigenvalue weighted by molar-refractivity contribution is -0.134. The maximum absolute atomic E-state index is 12.9. The Kier molecular flexibility index (Phi) is 4.55. The van der Waals surface area contributed by atoms with Crippen LogP contribution in [0.1, 0.15) is 30.7 Å². The molecule has 1 aromatic heterocycles. The van der Waals surface area contributed by atoms with Crippen molar-refractivity contribution in [3.8, 4) is 0 Å². The van der Waals surface area contributed by atoms with Crippen LogP contribution in [0.15, 0.2) is 35.1 Å². The van der Waals surface area contributed by atoms with Gasteiger partial charge in [0, 0.05) is 25.0 Å². The van der Waals surface area contributed by atoms with Crippen LogP contribution in [-0.2, 0) is 22.7 Å². The number of nitrogens with one attached hydrogen (secondary N) is 1. The summed E-state index contributed by atoms with van der Waals surface area (Å²) in [7, 11) is 0. The van der Waals surface area contributed by atoms with E-state index in [0.717, 1.165) is 18.4 Å². The SMILES string of the molecule is Cc1nn(CC(=O)N2[C@@H]3CC[C@H]2CC(=O)NC3)c(=O)n1Cc1ccccc1. The average Bonchev–Trinajstić information content (AvgIpc) is 3.10. The van der Waals surface area contributed by atoms with Crippen LogP contribution in [0.5, 0.6) is 0 Å². The highest BCUT2D eigenvalue weighted by molar-refractivity contribution is 5.81. The van der Waals surface area contributed by atoms with E-state index in [-0.39, 0.29) is 36.1 Å². The minimum absolute atomic E-state index is 0.0113. The third-order valence-electron chi connectivity index (χ3n) is 5.44. The van der Waals surface area contributed by atoms with E-state index < -0.39 is 0 Å². The second-order valence-corrected chi connectivity index (χ2v) is 7.25. The van der Waals surface area contributed by atoms with Crippen LogP contribution in [0.4, 0.5) is 0 Å². The van der Waals surface area contributed by atoms with Crippen LogP contribution in [0.3, 0.4) is 0 Å². The predicted molar refractivity (Wildman–Crippen MR) is 98.1 cm³/mol. The number of benzene rings is 1. The van der Waals surface area contributed by atoms with Gasteiger partial charge in [-0.05, 0) is 25.3 Å². The summed E-state index contributed by atoms with van der Waals surface area (Å²) in [5.41, 5.74) is 0.713. The van der Waals surface area contributed by atoms with E-state index in [1.165, 1.54) is 4.68 Å². The minimum atomic E-state index is -0.291. The van der Waals surface area contributed by atoms with Gasteiger partial charge in [0.2, 0.25) is 11.8 Å². The lowest BCUT2D eigenvalue weighted by Crippen LogP contribution is -2.45. The van der Waals surface area contributed by atoms with Gasteiger partial charge in [0.05, 0.1) is 6.54 Å². The Balaban J connectivity index is 1.53. The van der Waals surface area contributed by atoms with Gasteiger partial charge < -0.3 is 10.2 Å². The first kappa shape index (κ1) is 17.5. The molecule has 2 aliphatic heterocycles. The number of amides is 2. The molecule has 0 aliphatic carbocycles. The molecule has 2 fully saturated rings. The Morgan fingerprint density at radius 1 is 1.19 bits per heavy atom. The van der Waals surface area contributed by atoms with Crippen LogP contribution in [0, 0.1) is 6.92 Å². The summed E-state index contributed by atoms with van der Waals surface area (Å²) >= 11 is 0. The maximum Gasteiger partial charge on any atom is 0.346 e. The van der Waals surface area contributed by atoms with Gasteiger partial charge in [-0.2, -0.15) is 5.10 Å². The molecule has 27 heavy (non-hydrogen) atoms. The number of aryl methyl sites for hydroxylation is 1. The van der Waals surface area contributed by atoms with Crippen molar-refractivity contribution in [2.24, 2.45) is 0 Å². The van der Waals surface area contributed by atoms with Gasteiger partial charge in [-0.15, -0.1) is 0 Å². The fourth-order valence-corrected chi connectivity index (χ4v) is 4.10. The van der Waals surface area contributed by atoms with E-state index in [9.17, 15) is 14.4 Å². The molecule has 8 nitrogen and oxygen atoms in total. The zero-order valence-corrected chi connectivity index (χ0v) is 15.3. The summed E-state index contributed by atoms with van der Waals surface area (Å²) in [6.45, 7) is 2.58. The molecule has 2 bridgehead atoms. The average molecular weight is 369 g/mol. The minimum Gasteiger partial charge on any atom is -0.354 e. The van der Waals surface area contributed by atoms with Gasteiger partial charge in [-0.25, -0.2) is 9.48 Å². The maximum atomic E-state index is 12.9. The molecular formula is C19H23N5O3. The zero-order chi connectivity index (χ0) is 19.0. The van der Waals surface area contributed by atoms with Gasteiger partial charge >= 0.3 is 5.69 Å². The molecule has 4 rings (SSSR count). The molecule has 8 heteroatoms. The molecule has 2 amide bonds. The molecule has 0 unspecified atom stereocenters. The second-order valence-electron chi connectivity index (χ2n) is 7.25. The van der Waals surface area contributed by atoms with Crippen molar-refractivity contribution in [3.63, 3.8) is 0 Å². The molecule has 0 saturated carbocycles. The fourth-order valence-electron chi connectivity index (χ4n) is 4.10. The zero-order valence-electron chi connectivity index (χ0n) is 15.3. The first-order valence-electron chi connectivity index (χ1n) is 9.29. The molecule has 2 aliphatic rings. The van der Waals surface area contributed by atoms with Crippen molar-refractivity contribution in [3.05, 3.63) is 52.2 Å². The first-order valence-corrected chi connectivity index (χ1v) is 9.29.